The molecule has 0 aromatic carbocycles. The molecule has 0 heterocycles. The van der Waals surface area contributed by atoms with Crippen LogP contribution in [0, 0.1) is 0 Å². The third-order valence-corrected chi connectivity index (χ3v) is 12.4. The molecule has 0 aromatic rings. The summed E-state index contributed by atoms with van der Waals surface area (Å²) in [5.41, 5.74) is 0. The van der Waals surface area contributed by atoms with Crippen LogP contribution >= 0.6 is 0 Å². The zero-order valence-electron chi connectivity index (χ0n) is 40.5. The number of nitrogens with one attached hydrogen (secondary N) is 1. The number of rotatable bonds is 49. The van der Waals surface area contributed by atoms with E-state index >= 15 is 0 Å². The van der Waals surface area contributed by atoms with E-state index in [-0.39, 0.29) is 12.5 Å². The topological polar surface area (TPSA) is 69.6 Å². The van der Waals surface area contributed by atoms with E-state index in [2.05, 4.69) is 67.8 Å². The fraction of sp³-hybridized carbons (Fsp3) is 0.839. The summed E-state index contributed by atoms with van der Waals surface area (Å²) < 4.78 is 0. The minimum absolute atomic E-state index is 0.0313. The minimum Gasteiger partial charge on any atom is -0.394 e. The first kappa shape index (κ1) is 58.4. The van der Waals surface area contributed by atoms with Crippen LogP contribution < -0.4 is 5.32 Å². The molecule has 0 aliphatic rings. The van der Waals surface area contributed by atoms with Gasteiger partial charge in [0.05, 0.1) is 18.8 Å². The van der Waals surface area contributed by atoms with Gasteiger partial charge in [-0.1, -0.05) is 274 Å². The number of amides is 1. The second-order valence-electron chi connectivity index (χ2n) is 18.3. The molecule has 0 rings (SSSR count). The molecule has 60 heavy (non-hydrogen) atoms. The molecule has 3 N–H and O–H groups in total. The number of hydrogen-bond donors (Lipinski definition) is 3. The van der Waals surface area contributed by atoms with Crippen LogP contribution in [-0.4, -0.2) is 34.9 Å². The first-order chi connectivity index (χ1) is 29.7. The molecule has 0 aliphatic heterocycles. The highest BCUT2D eigenvalue weighted by Gasteiger charge is 2.20. The molecule has 0 fully saturated rings. The highest BCUT2D eigenvalue weighted by atomic mass is 16.3. The Morgan fingerprint density at radius 2 is 0.733 bits per heavy atom. The maximum absolute atomic E-state index is 12.4. The van der Waals surface area contributed by atoms with E-state index in [1.54, 1.807) is 0 Å². The van der Waals surface area contributed by atoms with Gasteiger partial charge in [-0.05, 0) is 51.4 Å². The Hall–Kier alpha value is -1.65. The maximum atomic E-state index is 12.4. The van der Waals surface area contributed by atoms with Crippen molar-refractivity contribution < 1.29 is 15.0 Å². The van der Waals surface area contributed by atoms with Crippen molar-refractivity contribution >= 4 is 5.91 Å². The number of hydrogen-bond acceptors (Lipinski definition) is 3. The van der Waals surface area contributed by atoms with Crippen LogP contribution in [0.25, 0.3) is 0 Å². The Bertz CT molecular complexity index is 954. The predicted octanol–water partition coefficient (Wildman–Crippen LogP) is 17.5. The van der Waals surface area contributed by atoms with Crippen molar-refractivity contribution in [1.82, 2.24) is 5.32 Å². The number of unbranched alkanes of at least 4 members (excludes halogenated alkanes) is 34. The van der Waals surface area contributed by atoms with Gasteiger partial charge in [0.25, 0.3) is 0 Å². The van der Waals surface area contributed by atoms with Crippen molar-refractivity contribution in [3.8, 4) is 0 Å². The van der Waals surface area contributed by atoms with Gasteiger partial charge in [0.15, 0.2) is 0 Å². The highest BCUT2D eigenvalue weighted by Crippen LogP contribution is 2.17. The van der Waals surface area contributed by atoms with Gasteiger partial charge in [0.2, 0.25) is 5.91 Å². The molecule has 0 spiro atoms. The van der Waals surface area contributed by atoms with Gasteiger partial charge in [-0.2, -0.15) is 0 Å². The molecule has 2 unspecified atom stereocenters. The largest absolute Gasteiger partial charge is 0.394 e. The van der Waals surface area contributed by atoms with E-state index in [0.29, 0.717) is 12.8 Å². The molecule has 2 atom stereocenters. The second kappa shape index (κ2) is 51.7. The summed E-state index contributed by atoms with van der Waals surface area (Å²) in [5.74, 6) is -0.0313. The third-order valence-electron chi connectivity index (χ3n) is 12.4. The molecule has 4 heteroatoms. The summed E-state index contributed by atoms with van der Waals surface area (Å²) in [5, 5.41) is 23.0. The van der Waals surface area contributed by atoms with Crippen molar-refractivity contribution in [3.63, 3.8) is 0 Å². The standard InChI is InChI=1S/C56H105NO3/c1-3-5-7-9-11-12-13-14-15-16-17-18-19-20-21-22-23-24-25-26-27-28-29-30-31-32-33-34-35-36-37-38-39-40-41-42-43-44-46-48-50-52-56(60)57-54(53-58)55(59)51-49-47-45-10-8-6-4-2/h5,7,11-12,14-15,17-18,54-55,58-59H,3-4,6,8-10,13,16,19-53H2,1-2H3,(H,57,60)/b7-5-,12-11-,15-14-,18-17-. The van der Waals surface area contributed by atoms with Crippen LogP contribution in [0.15, 0.2) is 48.6 Å². The van der Waals surface area contributed by atoms with E-state index in [4.69, 9.17) is 0 Å². The number of aliphatic hydroxyl groups excluding tert-OH is 2. The van der Waals surface area contributed by atoms with E-state index in [9.17, 15) is 15.0 Å². The van der Waals surface area contributed by atoms with E-state index < -0.39 is 12.1 Å². The molecule has 352 valence electrons. The lowest BCUT2D eigenvalue weighted by atomic mass is 10.0. The van der Waals surface area contributed by atoms with Crippen molar-refractivity contribution in [3.05, 3.63) is 48.6 Å². The van der Waals surface area contributed by atoms with Crippen LogP contribution in [0.3, 0.4) is 0 Å². The lowest BCUT2D eigenvalue weighted by molar-refractivity contribution is -0.123. The molecular weight excluding hydrogens is 735 g/mol. The van der Waals surface area contributed by atoms with Crippen molar-refractivity contribution in [1.29, 1.82) is 0 Å². The first-order valence-corrected chi connectivity index (χ1v) is 26.8. The molecule has 0 radical (unpaired) electrons. The molecule has 0 saturated heterocycles. The lowest BCUT2D eigenvalue weighted by Crippen LogP contribution is -2.45. The van der Waals surface area contributed by atoms with Crippen LogP contribution in [0.2, 0.25) is 0 Å². The van der Waals surface area contributed by atoms with Gasteiger partial charge >= 0.3 is 0 Å². The van der Waals surface area contributed by atoms with Gasteiger partial charge in [0.1, 0.15) is 0 Å². The Morgan fingerprint density at radius 3 is 1.10 bits per heavy atom. The fourth-order valence-corrected chi connectivity index (χ4v) is 8.30. The fourth-order valence-electron chi connectivity index (χ4n) is 8.30. The normalized spacial score (nSPS) is 13.2. The monoisotopic (exact) mass is 840 g/mol. The Balaban J connectivity index is 3.31. The van der Waals surface area contributed by atoms with Crippen LogP contribution in [-0.2, 0) is 4.79 Å². The molecular formula is C56H105NO3. The Kier molecular flexibility index (Phi) is 50.3. The van der Waals surface area contributed by atoms with E-state index in [1.165, 1.54) is 205 Å². The molecule has 0 bridgehead atoms. The van der Waals surface area contributed by atoms with Crippen LogP contribution in [0.4, 0.5) is 0 Å². The number of carbonyl (C=O) groups excluding carboxylic acids is 1. The van der Waals surface area contributed by atoms with Crippen molar-refractivity contribution in [2.75, 3.05) is 6.61 Å². The molecule has 4 nitrogen and oxygen atoms in total. The number of carbonyl (C=O) groups is 1. The van der Waals surface area contributed by atoms with Crippen LogP contribution in [0.1, 0.15) is 284 Å². The third kappa shape index (κ3) is 47.4. The predicted molar refractivity (Wildman–Crippen MR) is 267 cm³/mol. The highest BCUT2D eigenvalue weighted by molar-refractivity contribution is 5.76. The quantitative estimate of drug-likeness (QED) is 0.0422. The van der Waals surface area contributed by atoms with E-state index in [0.717, 1.165) is 51.4 Å². The van der Waals surface area contributed by atoms with Gasteiger partial charge in [-0.25, -0.2) is 0 Å². The summed E-state index contributed by atoms with van der Waals surface area (Å²) >= 11 is 0. The van der Waals surface area contributed by atoms with Gasteiger partial charge < -0.3 is 15.5 Å². The second-order valence-corrected chi connectivity index (χ2v) is 18.3. The first-order valence-electron chi connectivity index (χ1n) is 26.8. The number of allylic oxidation sites excluding steroid dienone is 8. The SMILES string of the molecule is CC/C=C\C/C=C\C/C=C\C/C=C\CCCCCCCCCCCCCCCCCCCCCCCCCCCCCCC(=O)NC(CO)C(O)CCCCCCCCC. The minimum atomic E-state index is -0.653. The van der Waals surface area contributed by atoms with Crippen LogP contribution in [0.5, 0.6) is 0 Å². The van der Waals surface area contributed by atoms with Gasteiger partial charge in [-0.3, -0.25) is 4.79 Å². The Morgan fingerprint density at radius 1 is 0.417 bits per heavy atom. The zero-order chi connectivity index (χ0) is 43.5. The van der Waals surface area contributed by atoms with Gasteiger partial charge in [-0.15, -0.1) is 0 Å². The zero-order valence-corrected chi connectivity index (χ0v) is 40.5. The summed E-state index contributed by atoms with van der Waals surface area (Å²) in [6.45, 7) is 4.21. The molecule has 1 amide bonds. The van der Waals surface area contributed by atoms with E-state index in [1.807, 2.05) is 0 Å². The smallest absolute Gasteiger partial charge is 0.220 e. The lowest BCUT2D eigenvalue weighted by Gasteiger charge is -2.22. The van der Waals surface area contributed by atoms with Crippen molar-refractivity contribution in [2.24, 2.45) is 0 Å². The molecule has 0 aromatic heterocycles. The summed E-state index contributed by atoms with van der Waals surface area (Å²) in [4.78, 5) is 12.4. The summed E-state index contributed by atoms with van der Waals surface area (Å²) in [7, 11) is 0. The average molecular weight is 840 g/mol. The number of aliphatic hydroxyl groups is 2. The molecule has 0 saturated carbocycles. The Labute approximate surface area is 375 Å². The summed E-state index contributed by atoms with van der Waals surface area (Å²) in [6, 6.07) is -0.530. The summed E-state index contributed by atoms with van der Waals surface area (Å²) in [6.07, 6.45) is 71.3. The maximum Gasteiger partial charge on any atom is 0.220 e. The average Bonchev–Trinajstić information content (AvgIpc) is 3.25. The van der Waals surface area contributed by atoms with Gasteiger partial charge in [0, 0.05) is 6.42 Å². The molecule has 0 aliphatic carbocycles. The van der Waals surface area contributed by atoms with Crippen molar-refractivity contribution in [2.45, 2.75) is 296 Å².